The van der Waals surface area contributed by atoms with Gasteiger partial charge in [0.15, 0.2) is 0 Å². The fraction of sp³-hybridized carbons (Fsp3) is 0.111. The number of nitrogens with zero attached hydrogens (tertiary/aromatic N) is 1. The Morgan fingerprint density at radius 3 is 2.52 bits per heavy atom. The van der Waals surface area contributed by atoms with Crippen LogP contribution >= 0.6 is 0 Å². The van der Waals surface area contributed by atoms with Crippen LogP contribution in [0.5, 0.6) is 5.75 Å². The van der Waals surface area contributed by atoms with Gasteiger partial charge < -0.3 is 5.11 Å². The van der Waals surface area contributed by atoms with Gasteiger partial charge in [-0.05, 0) is 48.4 Å². The summed E-state index contributed by atoms with van der Waals surface area (Å²) in [6.45, 7) is 3.84. The Balaban J connectivity index is 2.29. The van der Waals surface area contributed by atoms with E-state index >= 15 is 0 Å². The predicted octanol–water partition coefficient (Wildman–Crippen LogP) is 4.28. The van der Waals surface area contributed by atoms with Crippen LogP contribution in [-0.4, -0.2) is 17.2 Å². The standard InChI is InChI=1S/C18H17NO2/c1-3-6-13(2)9-10-19-18(21)16-11-14-7-4-5-8-15(14)12-17(16)20/h3-12,20H,1-2H3/b6-3-,13-9-,19-10?. The molecule has 2 aromatic rings. The SMILES string of the molecule is C/C=C\C(C)=C/C=NC(=O)c1cc2ccccc2cc1O. The smallest absolute Gasteiger partial charge is 0.280 e. The van der Waals surface area contributed by atoms with Crippen molar-refractivity contribution in [3.05, 3.63) is 65.8 Å². The minimum atomic E-state index is -0.456. The lowest BCUT2D eigenvalue weighted by molar-refractivity contribution is 0.100. The summed E-state index contributed by atoms with van der Waals surface area (Å²) in [6.07, 6.45) is 7.03. The molecular formula is C18H17NO2. The molecule has 3 nitrogen and oxygen atoms in total. The van der Waals surface area contributed by atoms with Gasteiger partial charge in [0, 0.05) is 6.21 Å². The Morgan fingerprint density at radius 1 is 1.19 bits per heavy atom. The van der Waals surface area contributed by atoms with E-state index in [1.54, 1.807) is 18.2 Å². The Labute approximate surface area is 124 Å². The van der Waals surface area contributed by atoms with Crippen molar-refractivity contribution in [2.45, 2.75) is 13.8 Å². The molecule has 2 aromatic carbocycles. The summed E-state index contributed by atoms with van der Waals surface area (Å²) in [5, 5.41) is 11.7. The number of fused-ring (bicyclic) bond motifs is 1. The molecule has 0 unspecified atom stereocenters. The lowest BCUT2D eigenvalue weighted by Gasteiger charge is -2.03. The number of benzene rings is 2. The van der Waals surface area contributed by atoms with Crippen molar-refractivity contribution in [3.63, 3.8) is 0 Å². The topological polar surface area (TPSA) is 49.7 Å². The predicted molar refractivity (Wildman–Crippen MR) is 87.0 cm³/mol. The lowest BCUT2D eigenvalue weighted by Crippen LogP contribution is -1.96. The van der Waals surface area contributed by atoms with Crippen LogP contribution in [0.4, 0.5) is 0 Å². The maximum Gasteiger partial charge on any atom is 0.280 e. The summed E-state index contributed by atoms with van der Waals surface area (Å²) in [5.74, 6) is -0.507. The first kappa shape index (κ1) is 14.7. The first-order valence-electron chi connectivity index (χ1n) is 6.71. The summed E-state index contributed by atoms with van der Waals surface area (Å²) >= 11 is 0. The first-order valence-corrected chi connectivity index (χ1v) is 6.71. The van der Waals surface area contributed by atoms with E-state index < -0.39 is 5.91 Å². The first-order chi connectivity index (χ1) is 10.1. The summed E-state index contributed by atoms with van der Waals surface area (Å²) in [5.41, 5.74) is 1.21. The molecule has 0 aliphatic carbocycles. The number of amides is 1. The number of aromatic hydroxyl groups is 1. The molecule has 0 saturated carbocycles. The molecule has 0 heterocycles. The van der Waals surface area contributed by atoms with Gasteiger partial charge >= 0.3 is 0 Å². The monoisotopic (exact) mass is 279 g/mol. The second-order valence-electron chi connectivity index (χ2n) is 4.71. The van der Waals surface area contributed by atoms with Gasteiger partial charge in [0.1, 0.15) is 5.75 Å². The Morgan fingerprint density at radius 2 is 1.86 bits per heavy atom. The molecule has 1 N–H and O–H groups in total. The highest BCUT2D eigenvalue weighted by atomic mass is 16.3. The van der Waals surface area contributed by atoms with Crippen molar-refractivity contribution in [3.8, 4) is 5.75 Å². The minimum Gasteiger partial charge on any atom is -0.507 e. The summed E-state index contributed by atoms with van der Waals surface area (Å²) < 4.78 is 0. The average Bonchev–Trinajstić information content (AvgIpc) is 2.46. The van der Waals surface area contributed by atoms with Gasteiger partial charge in [0.2, 0.25) is 0 Å². The summed E-state index contributed by atoms with van der Waals surface area (Å²) in [7, 11) is 0. The van der Waals surface area contributed by atoms with Crippen LogP contribution in [0.15, 0.2) is 65.2 Å². The number of carbonyl (C=O) groups is 1. The molecule has 0 spiro atoms. The van der Waals surface area contributed by atoms with E-state index in [2.05, 4.69) is 4.99 Å². The van der Waals surface area contributed by atoms with Crippen molar-refractivity contribution >= 4 is 22.9 Å². The fourth-order valence-electron chi connectivity index (χ4n) is 2.01. The van der Waals surface area contributed by atoms with E-state index in [0.29, 0.717) is 0 Å². The highest BCUT2D eigenvalue weighted by Crippen LogP contribution is 2.25. The summed E-state index contributed by atoms with van der Waals surface area (Å²) in [6, 6.07) is 10.8. The van der Waals surface area contributed by atoms with Crippen LogP contribution < -0.4 is 0 Å². The second-order valence-corrected chi connectivity index (χ2v) is 4.71. The third kappa shape index (κ3) is 3.66. The number of rotatable bonds is 3. The molecule has 1 amide bonds. The normalized spacial score (nSPS) is 12.6. The van der Waals surface area contributed by atoms with Gasteiger partial charge in [-0.1, -0.05) is 36.4 Å². The van der Waals surface area contributed by atoms with E-state index in [-0.39, 0.29) is 11.3 Å². The molecule has 2 rings (SSSR count). The largest absolute Gasteiger partial charge is 0.507 e. The zero-order valence-corrected chi connectivity index (χ0v) is 12.1. The molecule has 3 heteroatoms. The van der Waals surface area contributed by atoms with Gasteiger partial charge in [-0.2, -0.15) is 0 Å². The van der Waals surface area contributed by atoms with Crippen LogP contribution in [0.25, 0.3) is 10.8 Å². The van der Waals surface area contributed by atoms with Crippen LogP contribution in [-0.2, 0) is 0 Å². The fourth-order valence-corrected chi connectivity index (χ4v) is 2.01. The van der Waals surface area contributed by atoms with Crippen molar-refractivity contribution in [1.29, 1.82) is 0 Å². The van der Waals surface area contributed by atoms with Crippen molar-refractivity contribution in [2.24, 2.45) is 4.99 Å². The summed E-state index contributed by atoms with van der Waals surface area (Å²) in [4.78, 5) is 15.9. The maximum absolute atomic E-state index is 12.0. The number of aliphatic imine (C=N–C) groups is 1. The highest BCUT2D eigenvalue weighted by molar-refractivity contribution is 6.05. The van der Waals surface area contributed by atoms with E-state index in [1.165, 1.54) is 6.21 Å². The van der Waals surface area contributed by atoms with Gasteiger partial charge in [0.25, 0.3) is 5.91 Å². The molecule has 0 aliphatic heterocycles. The molecule has 0 fully saturated rings. The van der Waals surface area contributed by atoms with Crippen molar-refractivity contribution in [2.75, 3.05) is 0 Å². The van der Waals surface area contributed by atoms with E-state index in [4.69, 9.17) is 0 Å². The zero-order chi connectivity index (χ0) is 15.2. The molecule has 0 atom stereocenters. The number of allylic oxidation sites excluding steroid dienone is 4. The Kier molecular flexibility index (Phi) is 4.67. The van der Waals surface area contributed by atoms with Gasteiger partial charge in [0.05, 0.1) is 5.56 Å². The van der Waals surface area contributed by atoms with E-state index in [1.807, 2.05) is 50.3 Å². The molecular weight excluding hydrogens is 262 g/mol. The molecule has 106 valence electrons. The molecule has 0 aromatic heterocycles. The van der Waals surface area contributed by atoms with Crippen LogP contribution in [0.2, 0.25) is 0 Å². The Bertz CT molecular complexity index is 755. The number of phenols is 1. The number of hydrogen-bond acceptors (Lipinski definition) is 2. The van der Waals surface area contributed by atoms with E-state index in [0.717, 1.165) is 16.3 Å². The number of carbonyl (C=O) groups excluding carboxylic acids is 1. The van der Waals surface area contributed by atoms with Crippen molar-refractivity contribution in [1.82, 2.24) is 0 Å². The molecule has 0 radical (unpaired) electrons. The third-order valence-electron chi connectivity index (χ3n) is 3.05. The molecule has 0 aliphatic rings. The number of hydrogen-bond donors (Lipinski definition) is 1. The maximum atomic E-state index is 12.0. The second kappa shape index (κ2) is 6.66. The van der Waals surface area contributed by atoms with Gasteiger partial charge in [-0.25, -0.2) is 4.99 Å². The molecule has 0 saturated heterocycles. The lowest BCUT2D eigenvalue weighted by atomic mass is 10.1. The minimum absolute atomic E-state index is 0.0509. The van der Waals surface area contributed by atoms with Gasteiger partial charge in [-0.15, -0.1) is 0 Å². The highest BCUT2D eigenvalue weighted by Gasteiger charge is 2.10. The quantitative estimate of drug-likeness (QED) is 0.673. The van der Waals surface area contributed by atoms with Crippen LogP contribution in [0.3, 0.4) is 0 Å². The number of phenolic OH excluding ortho intramolecular Hbond substituents is 1. The van der Waals surface area contributed by atoms with Crippen LogP contribution in [0, 0.1) is 0 Å². The third-order valence-corrected chi connectivity index (χ3v) is 3.05. The molecule has 21 heavy (non-hydrogen) atoms. The Hall–Kier alpha value is -2.68. The van der Waals surface area contributed by atoms with E-state index in [9.17, 15) is 9.90 Å². The molecule has 0 bridgehead atoms. The van der Waals surface area contributed by atoms with Crippen molar-refractivity contribution < 1.29 is 9.90 Å². The van der Waals surface area contributed by atoms with Gasteiger partial charge in [-0.3, -0.25) is 4.79 Å². The zero-order valence-electron chi connectivity index (χ0n) is 12.1. The average molecular weight is 279 g/mol. The van der Waals surface area contributed by atoms with Crippen LogP contribution in [0.1, 0.15) is 24.2 Å².